The summed E-state index contributed by atoms with van der Waals surface area (Å²) in [5, 5.41) is 8.06. The van der Waals surface area contributed by atoms with Gasteiger partial charge in [-0.2, -0.15) is 0 Å². The molecule has 9 nitrogen and oxygen atoms in total. The van der Waals surface area contributed by atoms with Crippen molar-refractivity contribution in [1.29, 1.82) is 0 Å². The van der Waals surface area contributed by atoms with Crippen LogP contribution in [-0.4, -0.2) is 48.0 Å². The highest BCUT2D eigenvalue weighted by molar-refractivity contribution is 7.92. The fraction of sp³-hybridized carbons (Fsp3) is 0.450. The molecule has 30 heavy (non-hydrogen) atoms. The Labute approximate surface area is 177 Å². The lowest BCUT2D eigenvalue weighted by Gasteiger charge is -2.22. The predicted molar refractivity (Wildman–Crippen MR) is 115 cm³/mol. The molecule has 0 radical (unpaired) electrons. The molecule has 0 atom stereocenters. The number of nitrogens with zero attached hydrogens (tertiary/aromatic N) is 4. The number of nitrogens with one attached hydrogen (secondary N) is 1. The second kappa shape index (κ2) is 8.47. The summed E-state index contributed by atoms with van der Waals surface area (Å²) in [4.78, 5) is 4.28. The zero-order valence-corrected chi connectivity index (χ0v) is 17.9. The van der Waals surface area contributed by atoms with E-state index in [1.54, 1.807) is 30.0 Å². The fourth-order valence-corrected chi connectivity index (χ4v) is 4.26. The molecule has 0 saturated heterocycles. The zero-order valence-electron chi connectivity index (χ0n) is 17.0. The first-order valence-electron chi connectivity index (χ1n) is 9.93. The van der Waals surface area contributed by atoms with Gasteiger partial charge in [-0.05, 0) is 30.9 Å². The van der Waals surface area contributed by atoms with Gasteiger partial charge in [-0.25, -0.2) is 13.4 Å². The lowest BCUT2D eigenvalue weighted by atomic mass is 9.90. The van der Waals surface area contributed by atoms with Crippen LogP contribution in [0.2, 0.25) is 0 Å². The van der Waals surface area contributed by atoms with Gasteiger partial charge in [0.2, 0.25) is 21.9 Å². The first kappa shape index (κ1) is 20.4. The Morgan fingerprint density at radius 3 is 2.77 bits per heavy atom. The third-order valence-corrected chi connectivity index (χ3v) is 5.79. The van der Waals surface area contributed by atoms with Crippen molar-refractivity contribution in [2.24, 2.45) is 5.92 Å². The number of anilines is 1. The van der Waals surface area contributed by atoms with Crippen molar-refractivity contribution in [2.45, 2.75) is 32.1 Å². The molecule has 162 valence electrons. The second-order valence-corrected chi connectivity index (χ2v) is 9.30. The summed E-state index contributed by atoms with van der Waals surface area (Å²) in [5.41, 5.74) is 1.94. The maximum absolute atomic E-state index is 11.7. The number of pyridine rings is 2. The molecular weight excluding hydrogens is 406 g/mol. The van der Waals surface area contributed by atoms with Crippen LogP contribution in [0.1, 0.15) is 33.5 Å². The SMILES string of the molecule is COc1ncccc1-c1cn2c(NS(C)(=O)=O)nnc2cc1OCC1CCCCC1.[HH]. The lowest BCUT2D eigenvalue weighted by molar-refractivity contribution is 0.209. The summed E-state index contributed by atoms with van der Waals surface area (Å²) >= 11 is 0. The summed E-state index contributed by atoms with van der Waals surface area (Å²) in [5.74, 6) is 1.72. The van der Waals surface area contributed by atoms with E-state index in [4.69, 9.17) is 9.47 Å². The Hall–Kier alpha value is -2.88. The Morgan fingerprint density at radius 1 is 1.23 bits per heavy atom. The van der Waals surface area contributed by atoms with Crippen LogP contribution in [0.4, 0.5) is 5.95 Å². The van der Waals surface area contributed by atoms with Gasteiger partial charge in [0, 0.05) is 31.0 Å². The van der Waals surface area contributed by atoms with E-state index >= 15 is 0 Å². The maximum Gasteiger partial charge on any atom is 0.242 e. The molecule has 10 heteroatoms. The first-order chi connectivity index (χ1) is 14.4. The molecule has 0 amide bonds. The first-order valence-corrected chi connectivity index (χ1v) is 11.8. The van der Waals surface area contributed by atoms with Crippen LogP contribution in [0.25, 0.3) is 16.8 Å². The number of rotatable bonds is 7. The molecule has 1 aliphatic rings. The van der Waals surface area contributed by atoms with Gasteiger partial charge in [0.15, 0.2) is 5.65 Å². The van der Waals surface area contributed by atoms with Crippen LogP contribution in [0, 0.1) is 5.92 Å². The molecule has 0 aliphatic heterocycles. The number of aromatic nitrogens is 4. The van der Waals surface area contributed by atoms with Crippen molar-refractivity contribution >= 4 is 21.6 Å². The summed E-state index contributed by atoms with van der Waals surface area (Å²) in [7, 11) is -1.95. The molecule has 3 aromatic heterocycles. The number of hydrogen-bond donors (Lipinski definition) is 1. The standard InChI is InChI=1S/C20H25N5O4S.H2/c1-28-19-15(9-6-10-21-19)16-12-25-18(22-23-20(25)24-30(2,26)27)11-17(16)29-13-14-7-4-3-5-8-14;/h6,9-12,14H,3-5,7-8,13H2,1-2H3,(H,23,24);1H. The average molecular weight is 434 g/mol. The smallest absolute Gasteiger partial charge is 0.242 e. The minimum Gasteiger partial charge on any atom is -0.492 e. The van der Waals surface area contributed by atoms with Crippen LogP contribution in [0.3, 0.4) is 0 Å². The molecule has 1 aliphatic carbocycles. The predicted octanol–water partition coefficient (Wildman–Crippen LogP) is 3.38. The quantitative estimate of drug-likeness (QED) is 0.608. The minimum absolute atomic E-state index is 0. The minimum atomic E-state index is -3.51. The highest BCUT2D eigenvalue weighted by Gasteiger charge is 2.20. The number of hydrogen-bond acceptors (Lipinski definition) is 7. The number of sulfonamides is 1. The summed E-state index contributed by atoms with van der Waals surface area (Å²) < 4.78 is 39.0. The maximum atomic E-state index is 11.7. The molecule has 0 spiro atoms. The van der Waals surface area contributed by atoms with Gasteiger partial charge < -0.3 is 9.47 Å². The highest BCUT2D eigenvalue weighted by atomic mass is 32.2. The van der Waals surface area contributed by atoms with Crippen LogP contribution < -0.4 is 14.2 Å². The van der Waals surface area contributed by atoms with Gasteiger partial charge in [-0.1, -0.05) is 19.3 Å². The van der Waals surface area contributed by atoms with E-state index in [2.05, 4.69) is 19.9 Å². The normalized spacial score (nSPS) is 15.3. The van der Waals surface area contributed by atoms with E-state index < -0.39 is 10.0 Å². The van der Waals surface area contributed by atoms with Crippen molar-refractivity contribution < 1.29 is 19.3 Å². The van der Waals surface area contributed by atoms with Crippen LogP contribution in [0.15, 0.2) is 30.6 Å². The summed E-state index contributed by atoms with van der Waals surface area (Å²) in [6, 6.07) is 5.47. The van der Waals surface area contributed by atoms with E-state index in [0.717, 1.165) is 17.4 Å². The molecule has 1 fully saturated rings. The van der Waals surface area contributed by atoms with E-state index in [0.29, 0.717) is 29.8 Å². The van der Waals surface area contributed by atoms with Gasteiger partial charge in [0.1, 0.15) is 5.75 Å². The highest BCUT2D eigenvalue weighted by Crippen LogP contribution is 2.37. The zero-order chi connectivity index (χ0) is 21.1. The molecule has 0 unspecified atom stereocenters. The molecule has 3 aromatic rings. The summed E-state index contributed by atoms with van der Waals surface area (Å²) in [6.07, 6.45) is 10.6. The molecular formula is C20H27N5O4S. The van der Waals surface area contributed by atoms with E-state index in [9.17, 15) is 8.42 Å². The van der Waals surface area contributed by atoms with Crippen molar-refractivity contribution in [3.05, 3.63) is 30.6 Å². The average Bonchev–Trinajstić information content (AvgIpc) is 3.12. The van der Waals surface area contributed by atoms with E-state index in [1.807, 2.05) is 12.1 Å². The lowest BCUT2D eigenvalue weighted by Crippen LogP contribution is -2.16. The Kier molecular flexibility index (Phi) is 5.76. The molecule has 0 aromatic carbocycles. The van der Waals surface area contributed by atoms with Gasteiger partial charge in [0.05, 0.1) is 20.0 Å². The Bertz CT molecular complexity index is 1150. The molecule has 0 bridgehead atoms. The largest absolute Gasteiger partial charge is 0.492 e. The van der Waals surface area contributed by atoms with Crippen molar-refractivity contribution in [3.63, 3.8) is 0 Å². The van der Waals surface area contributed by atoms with Crippen LogP contribution >= 0.6 is 0 Å². The monoisotopic (exact) mass is 433 g/mol. The number of fused-ring (bicyclic) bond motifs is 1. The molecule has 3 heterocycles. The van der Waals surface area contributed by atoms with E-state index in [-0.39, 0.29) is 7.37 Å². The van der Waals surface area contributed by atoms with Gasteiger partial charge >= 0.3 is 0 Å². The van der Waals surface area contributed by atoms with Gasteiger partial charge in [0.25, 0.3) is 0 Å². The summed E-state index contributed by atoms with van der Waals surface area (Å²) in [6.45, 7) is 0.619. The third-order valence-electron chi connectivity index (χ3n) is 5.24. The third kappa shape index (κ3) is 4.48. The van der Waals surface area contributed by atoms with Crippen LogP contribution in [0.5, 0.6) is 11.6 Å². The van der Waals surface area contributed by atoms with Crippen molar-refractivity contribution in [2.75, 3.05) is 24.7 Å². The Balaban J connectivity index is 0.00000272. The molecule has 1 N–H and O–H groups in total. The van der Waals surface area contributed by atoms with Crippen LogP contribution in [-0.2, 0) is 10.0 Å². The topological polar surface area (TPSA) is 108 Å². The fourth-order valence-electron chi connectivity index (χ4n) is 3.79. The van der Waals surface area contributed by atoms with Gasteiger partial charge in [-0.15, -0.1) is 10.2 Å². The van der Waals surface area contributed by atoms with Gasteiger partial charge in [-0.3, -0.25) is 9.12 Å². The number of methoxy groups -OCH3 is 1. The molecule has 4 rings (SSSR count). The Morgan fingerprint density at radius 2 is 2.03 bits per heavy atom. The van der Waals surface area contributed by atoms with Crippen molar-refractivity contribution in [3.8, 4) is 22.8 Å². The number of ether oxygens (including phenoxy) is 2. The second-order valence-electron chi connectivity index (χ2n) is 7.55. The van der Waals surface area contributed by atoms with Crippen molar-refractivity contribution in [1.82, 2.24) is 19.6 Å². The molecule has 1 saturated carbocycles. The van der Waals surface area contributed by atoms with E-state index in [1.165, 1.54) is 32.1 Å².